The van der Waals surface area contributed by atoms with Crippen molar-refractivity contribution in [2.75, 3.05) is 30.5 Å². The molecule has 8 nitrogen and oxygen atoms in total. The van der Waals surface area contributed by atoms with Crippen LogP contribution in [0.25, 0.3) is 22.6 Å². The van der Waals surface area contributed by atoms with Gasteiger partial charge in [-0.15, -0.1) is 0 Å². The Morgan fingerprint density at radius 2 is 1.80 bits per heavy atom. The number of rotatable bonds is 3. The van der Waals surface area contributed by atoms with Gasteiger partial charge in [0.1, 0.15) is 23.0 Å². The molecule has 0 radical (unpaired) electrons. The number of nitrogens with zero attached hydrogens (tertiary/aromatic N) is 5. The summed E-state index contributed by atoms with van der Waals surface area (Å²) in [7, 11) is 3.59. The van der Waals surface area contributed by atoms with Gasteiger partial charge in [0.15, 0.2) is 11.6 Å². The van der Waals surface area contributed by atoms with Crippen LogP contribution in [0, 0.1) is 5.82 Å². The standard InChI is InChI=1S/C16H16FN7O/c1-24(2)12-7-10(22-16(19)23-12)14-11(25)4-3-9(21-14)8-5-6-20-15(18)13(8)17/h3-7,25H,1-2H3,(H2,18,20)(H2,19,22,23). The topological polar surface area (TPSA) is 127 Å². The van der Waals surface area contributed by atoms with Gasteiger partial charge in [0.05, 0.1) is 5.69 Å². The Balaban J connectivity index is 2.17. The number of halogens is 1. The lowest BCUT2D eigenvalue weighted by atomic mass is 10.1. The fourth-order valence-corrected chi connectivity index (χ4v) is 2.25. The van der Waals surface area contributed by atoms with Crippen molar-refractivity contribution in [2.45, 2.75) is 0 Å². The van der Waals surface area contributed by atoms with Crippen molar-refractivity contribution < 1.29 is 9.50 Å². The van der Waals surface area contributed by atoms with Gasteiger partial charge >= 0.3 is 0 Å². The molecule has 25 heavy (non-hydrogen) atoms. The molecule has 3 heterocycles. The maximum Gasteiger partial charge on any atom is 0.222 e. The summed E-state index contributed by atoms with van der Waals surface area (Å²) in [5.41, 5.74) is 12.2. The average Bonchev–Trinajstić information content (AvgIpc) is 2.57. The lowest BCUT2D eigenvalue weighted by molar-refractivity contribution is 0.475. The van der Waals surface area contributed by atoms with E-state index >= 15 is 0 Å². The number of aromatic hydroxyl groups is 1. The van der Waals surface area contributed by atoms with Crippen LogP contribution >= 0.6 is 0 Å². The predicted octanol–water partition coefficient (Wildman–Crippen LogP) is 1.68. The van der Waals surface area contributed by atoms with Gasteiger partial charge in [-0.05, 0) is 18.2 Å². The van der Waals surface area contributed by atoms with Crippen LogP contribution in [0.15, 0.2) is 30.5 Å². The fraction of sp³-hybridized carbons (Fsp3) is 0.125. The summed E-state index contributed by atoms with van der Waals surface area (Å²) < 4.78 is 14.2. The first-order chi connectivity index (χ1) is 11.9. The van der Waals surface area contributed by atoms with Crippen molar-refractivity contribution in [1.29, 1.82) is 0 Å². The van der Waals surface area contributed by atoms with Crippen molar-refractivity contribution in [3.05, 3.63) is 36.3 Å². The van der Waals surface area contributed by atoms with E-state index in [1.165, 1.54) is 24.4 Å². The third-order valence-electron chi connectivity index (χ3n) is 3.50. The molecule has 0 aliphatic rings. The fourth-order valence-electron chi connectivity index (χ4n) is 2.25. The molecule has 0 unspecified atom stereocenters. The van der Waals surface area contributed by atoms with Crippen LogP contribution in [0.4, 0.5) is 22.0 Å². The van der Waals surface area contributed by atoms with Crippen LogP contribution < -0.4 is 16.4 Å². The van der Waals surface area contributed by atoms with Crippen molar-refractivity contribution in [1.82, 2.24) is 19.9 Å². The number of anilines is 3. The lowest BCUT2D eigenvalue weighted by Gasteiger charge is -2.13. The number of pyridine rings is 2. The van der Waals surface area contributed by atoms with Crippen molar-refractivity contribution >= 4 is 17.6 Å². The molecular weight excluding hydrogens is 325 g/mol. The maximum absolute atomic E-state index is 14.2. The van der Waals surface area contributed by atoms with Gasteiger partial charge in [-0.3, -0.25) is 0 Å². The van der Waals surface area contributed by atoms with Crippen LogP contribution in [0.3, 0.4) is 0 Å². The van der Waals surface area contributed by atoms with Crippen LogP contribution in [0.2, 0.25) is 0 Å². The van der Waals surface area contributed by atoms with Gasteiger partial charge in [0, 0.05) is 31.9 Å². The summed E-state index contributed by atoms with van der Waals surface area (Å²) in [6.45, 7) is 0. The van der Waals surface area contributed by atoms with Crippen molar-refractivity contribution in [3.8, 4) is 28.4 Å². The molecule has 0 aliphatic heterocycles. The van der Waals surface area contributed by atoms with Crippen LogP contribution in [0.1, 0.15) is 0 Å². The normalized spacial score (nSPS) is 10.7. The minimum atomic E-state index is -0.678. The molecule has 128 valence electrons. The van der Waals surface area contributed by atoms with E-state index in [2.05, 4.69) is 19.9 Å². The molecule has 0 saturated carbocycles. The van der Waals surface area contributed by atoms with Gasteiger partial charge in [0.25, 0.3) is 0 Å². The molecule has 5 N–H and O–H groups in total. The maximum atomic E-state index is 14.2. The molecule has 9 heteroatoms. The molecule has 0 spiro atoms. The molecule has 3 aromatic rings. The highest BCUT2D eigenvalue weighted by Crippen LogP contribution is 2.32. The lowest BCUT2D eigenvalue weighted by Crippen LogP contribution is -2.12. The Morgan fingerprint density at radius 3 is 2.52 bits per heavy atom. The van der Waals surface area contributed by atoms with Gasteiger partial charge in [-0.2, -0.15) is 4.98 Å². The highest BCUT2D eigenvalue weighted by Gasteiger charge is 2.16. The molecule has 0 aromatic carbocycles. The summed E-state index contributed by atoms with van der Waals surface area (Å²) in [5.74, 6) is -0.438. The van der Waals surface area contributed by atoms with E-state index in [9.17, 15) is 9.50 Å². The first kappa shape index (κ1) is 16.4. The number of hydrogen-bond donors (Lipinski definition) is 3. The Morgan fingerprint density at radius 1 is 1.04 bits per heavy atom. The second kappa shape index (κ2) is 6.19. The smallest absolute Gasteiger partial charge is 0.222 e. The van der Waals surface area contributed by atoms with E-state index in [1.807, 2.05) is 0 Å². The van der Waals surface area contributed by atoms with E-state index in [1.54, 1.807) is 25.1 Å². The Kier molecular flexibility index (Phi) is 4.05. The molecule has 0 aliphatic carbocycles. The van der Waals surface area contributed by atoms with E-state index in [0.717, 1.165) is 0 Å². The molecule has 3 aromatic heterocycles. The second-order valence-corrected chi connectivity index (χ2v) is 5.49. The van der Waals surface area contributed by atoms with E-state index < -0.39 is 5.82 Å². The summed E-state index contributed by atoms with van der Waals surface area (Å²) >= 11 is 0. The van der Waals surface area contributed by atoms with Crippen LogP contribution in [0.5, 0.6) is 5.75 Å². The number of nitrogen functional groups attached to an aromatic ring is 2. The third kappa shape index (κ3) is 3.11. The van der Waals surface area contributed by atoms with E-state index in [-0.39, 0.29) is 34.5 Å². The van der Waals surface area contributed by atoms with Crippen molar-refractivity contribution in [3.63, 3.8) is 0 Å². The van der Waals surface area contributed by atoms with Crippen LogP contribution in [-0.2, 0) is 0 Å². The monoisotopic (exact) mass is 341 g/mol. The highest BCUT2D eigenvalue weighted by molar-refractivity contribution is 5.72. The summed E-state index contributed by atoms with van der Waals surface area (Å²) in [6.07, 6.45) is 1.38. The zero-order chi connectivity index (χ0) is 18.1. The molecule has 0 bridgehead atoms. The van der Waals surface area contributed by atoms with Crippen LogP contribution in [-0.4, -0.2) is 39.1 Å². The molecular formula is C16H16FN7O. The summed E-state index contributed by atoms with van der Waals surface area (Å²) in [5, 5.41) is 10.2. The summed E-state index contributed by atoms with van der Waals surface area (Å²) in [6, 6.07) is 5.96. The Bertz CT molecular complexity index is 946. The Hall–Kier alpha value is -3.49. The third-order valence-corrected chi connectivity index (χ3v) is 3.50. The van der Waals surface area contributed by atoms with Gasteiger partial charge in [-0.25, -0.2) is 19.3 Å². The Labute approximate surface area is 143 Å². The van der Waals surface area contributed by atoms with E-state index in [4.69, 9.17) is 11.5 Å². The minimum Gasteiger partial charge on any atom is -0.506 e. The van der Waals surface area contributed by atoms with Gasteiger partial charge in [-0.1, -0.05) is 0 Å². The summed E-state index contributed by atoms with van der Waals surface area (Å²) in [4.78, 5) is 18.0. The highest BCUT2D eigenvalue weighted by atomic mass is 19.1. The van der Waals surface area contributed by atoms with Gasteiger partial charge < -0.3 is 21.5 Å². The second-order valence-electron chi connectivity index (χ2n) is 5.49. The first-order valence-electron chi connectivity index (χ1n) is 7.29. The SMILES string of the molecule is CN(C)c1cc(-c2nc(-c3ccnc(N)c3F)ccc2O)nc(N)n1. The first-order valence-corrected chi connectivity index (χ1v) is 7.29. The minimum absolute atomic E-state index is 0.0344. The quantitative estimate of drug-likeness (QED) is 0.656. The molecule has 0 fully saturated rings. The van der Waals surface area contributed by atoms with Gasteiger partial charge in [0.2, 0.25) is 5.95 Å². The zero-order valence-electron chi connectivity index (χ0n) is 13.6. The zero-order valence-corrected chi connectivity index (χ0v) is 13.6. The molecule has 0 saturated heterocycles. The molecule has 0 amide bonds. The predicted molar refractivity (Wildman–Crippen MR) is 93.3 cm³/mol. The van der Waals surface area contributed by atoms with E-state index in [0.29, 0.717) is 11.5 Å². The number of nitrogens with two attached hydrogens (primary N) is 2. The average molecular weight is 341 g/mol. The van der Waals surface area contributed by atoms with Crippen molar-refractivity contribution in [2.24, 2.45) is 0 Å². The molecule has 3 rings (SSSR count). The largest absolute Gasteiger partial charge is 0.506 e. The molecule has 0 atom stereocenters. The number of aromatic nitrogens is 4. The number of hydrogen-bond acceptors (Lipinski definition) is 8.